The van der Waals surface area contributed by atoms with Gasteiger partial charge in [0.2, 0.25) is 5.95 Å². The van der Waals surface area contributed by atoms with E-state index in [0.29, 0.717) is 17.9 Å². The lowest BCUT2D eigenvalue weighted by atomic mass is 9.89. The minimum absolute atomic E-state index is 0.534. The van der Waals surface area contributed by atoms with Crippen molar-refractivity contribution in [3.05, 3.63) is 35.8 Å². The summed E-state index contributed by atoms with van der Waals surface area (Å²) in [6.45, 7) is 4.44. The first-order valence-corrected chi connectivity index (χ1v) is 12.8. The highest BCUT2D eigenvalue weighted by Crippen LogP contribution is 2.36. The van der Waals surface area contributed by atoms with Crippen LogP contribution in [-0.2, 0) is 0 Å². The molecule has 2 saturated carbocycles. The van der Waals surface area contributed by atoms with Crippen molar-refractivity contribution in [2.75, 3.05) is 23.7 Å². The van der Waals surface area contributed by atoms with E-state index >= 15 is 0 Å². The van der Waals surface area contributed by atoms with Gasteiger partial charge in [0.25, 0.3) is 0 Å². The van der Waals surface area contributed by atoms with Gasteiger partial charge in [-0.05, 0) is 76.6 Å². The number of likely N-dealkylation sites (tertiary alicyclic amines) is 1. The van der Waals surface area contributed by atoms with Crippen LogP contribution in [0.1, 0.15) is 87.8 Å². The van der Waals surface area contributed by atoms with Crippen LogP contribution in [0.15, 0.2) is 24.5 Å². The molecule has 3 fully saturated rings. The summed E-state index contributed by atoms with van der Waals surface area (Å²) in [7, 11) is 0. The van der Waals surface area contributed by atoms with E-state index in [4.69, 9.17) is 9.97 Å². The largest absolute Gasteiger partial charge is 0.367 e. The highest BCUT2D eigenvalue weighted by molar-refractivity contribution is 5.57. The third kappa shape index (κ3) is 5.22. The Morgan fingerprint density at radius 1 is 0.906 bits per heavy atom. The number of aryl methyl sites for hydroxylation is 1. The van der Waals surface area contributed by atoms with Gasteiger partial charge in [0, 0.05) is 41.4 Å². The molecule has 2 aliphatic carbocycles. The van der Waals surface area contributed by atoms with Crippen molar-refractivity contribution >= 4 is 17.5 Å². The van der Waals surface area contributed by atoms with E-state index in [0.717, 1.165) is 23.2 Å². The van der Waals surface area contributed by atoms with Crippen molar-refractivity contribution < 1.29 is 0 Å². The van der Waals surface area contributed by atoms with Crippen LogP contribution in [0, 0.1) is 6.92 Å². The normalized spacial score (nSPS) is 21.7. The van der Waals surface area contributed by atoms with Gasteiger partial charge in [-0.1, -0.05) is 32.1 Å². The Hall–Kier alpha value is -2.21. The Kier molecular flexibility index (Phi) is 6.86. The Morgan fingerprint density at radius 3 is 2.41 bits per heavy atom. The molecule has 2 N–H and O–H groups in total. The van der Waals surface area contributed by atoms with Crippen molar-refractivity contribution in [3.8, 4) is 0 Å². The van der Waals surface area contributed by atoms with Crippen LogP contribution in [0.5, 0.6) is 0 Å². The number of hydrogen-bond acceptors (Lipinski definition) is 6. The summed E-state index contributed by atoms with van der Waals surface area (Å²) in [5, 5.41) is 7.22. The second kappa shape index (κ2) is 10.2. The lowest BCUT2D eigenvalue weighted by Gasteiger charge is -2.36. The average molecular weight is 435 g/mol. The van der Waals surface area contributed by atoms with Crippen LogP contribution in [0.4, 0.5) is 17.5 Å². The molecule has 0 unspecified atom stereocenters. The summed E-state index contributed by atoms with van der Waals surface area (Å²) in [5.41, 5.74) is 3.29. The standard InChI is InChI=1S/C26H38N6/c1-19-17-22(11-14-27-19)30-26-28-18-24(25(31-26)29-21-7-3-2-4-8-21)20-12-15-32(16-13-20)23-9-5-6-10-23/h11,14,17-18,20-21,23H,2-10,12-13,15-16H2,1H3,(H2,27,28,29,30,31). The quantitative estimate of drug-likeness (QED) is 0.600. The number of pyridine rings is 1. The van der Waals surface area contributed by atoms with Gasteiger partial charge >= 0.3 is 0 Å². The molecule has 3 heterocycles. The summed E-state index contributed by atoms with van der Waals surface area (Å²) < 4.78 is 0. The molecule has 0 aromatic carbocycles. The molecule has 6 heteroatoms. The van der Waals surface area contributed by atoms with Gasteiger partial charge in [-0.25, -0.2) is 4.98 Å². The van der Waals surface area contributed by atoms with Crippen LogP contribution < -0.4 is 10.6 Å². The summed E-state index contributed by atoms with van der Waals surface area (Å²) >= 11 is 0. The van der Waals surface area contributed by atoms with Crippen molar-refractivity contribution in [2.24, 2.45) is 0 Å². The van der Waals surface area contributed by atoms with Crippen molar-refractivity contribution in [1.82, 2.24) is 19.9 Å². The Morgan fingerprint density at radius 2 is 1.66 bits per heavy atom. The molecule has 0 amide bonds. The summed E-state index contributed by atoms with van der Waals surface area (Å²) in [6.07, 6.45) is 18.5. The molecule has 1 aliphatic heterocycles. The molecule has 0 atom stereocenters. The number of rotatable bonds is 6. The number of piperidine rings is 1. The molecule has 172 valence electrons. The smallest absolute Gasteiger partial charge is 0.229 e. The molecule has 3 aliphatic rings. The molecule has 2 aromatic heterocycles. The summed E-state index contributed by atoms with van der Waals surface area (Å²) in [4.78, 5) is 16.8. The summed E-state index contributed by atoms with van der Waals surface area (Å²) in [6, 6.07) is 5.37. The van der Waals surface area contributed by atoms with Gasteiger partial charge in [-0.2, -0.15) is 4.98 Å². The molecule has 0 radical (unpaired) electrons. The maximum absolute atomic E-state index is 5.00. The van der Waals surface area contributed by atoms with E-state index in [2.05, 4.69) is 26.7 Å². The highest BCUT2D eigenvalue weighted by atomic mass is 15.2. The van der Waals surface area contributed by atoms with Crippen molar-refractivity contribution in [3.63, 3.8) is 0 Å². The predicted molar refractivity (Wildman–Crippen MR) is 131 cm³/mol. The number of anilines is 3. The zero-order valence-corrected chi connectivity index (χ0v) is 19.5. The van der Waals surface area contributed by atoms with Gasteiger partial charge in [-0.15, -0.1) is 0 Å². The molecular formula is C26H38N6. The van der Waals surface area contributed by atoms with Gasteiger partial charge in [0.15, 0.2) is 0 Å². The van der Waals surface area contributed by atoms with E-state index < -0.39 is 0 Å². The molecule has 0 spiro atoms. The maximum Gasteiger partial charge on any atom is 0.229 e. The van der Waals surface area contributed by atoms with Gasteiger partial charge in [-0.3, -0.25) is 4.98 Å². The molecule has 6 nitrogen and oxygen atoms in total. The average Bonchev–Trinajstić information content (AvgIpc) is 3.35. The van der Waals surface area contributed by atoms with Crippen molar-refractivity contribution in [2.45, 2.75) is 95.6 Å². The monoisotopic (exact) mass is 434 g/mol. The van der Waals surface area contributed by atoms with E-state index in [-0.39, 0.29) is 0 Å². The van der Waals surface area contributed by atoms with E-state index in [1.165, 1.54) is 89.3 Å². The molecular weight excluding hydrogens is 396 g/mol. The zero-order chi connectivity index (χ0) is 21.8. The predicted octanol–water partition coefficient (Wildman–Crippen LogP) is 5.79. The Bertz CT molecular complexity index is 880. The Balaban J connectivity index is 1.33. The first-order chi connectivity index (χ1) is 15.7. The minimum Gasteiger partial charge on any atom is -0.367 e. The second-order valence-corrected chi connectivity index (χ2v) is 10.0. The van der Waals surface area contributed by atoms with E-state index in [1.807, 2.05) is 25.3 Å². The SMILES string of the molecule is Cc1cc(Nc2ncc(C3CCN(C4CCCC4)CC3)c(NC3CCCCC3)n2)ccn1. The van der Waals surface area contributed by atoms with E-state index in [1.54, 1.807) is 0 Å². The lowest BCUT2D eigenvalue weighted by Crippen LogP contribution is -2.39. The second-order valence-electron chi connectivity index (χ2n) is 10.0. The number of hydrogen-bond donors (Lipinski definition) is 2. The van der Waals surface area contributed by atoms with Crippen LogP contribution in [0.2, 0.25) is 0 Å². The number of nitrogens with one attached hydrogen (secondary N) is 2. The van der Waals surface area contributed by atoms with Crippen LogP contribution in [0.25, 0.3) is 0 Å². The third-order valence-corrected chi connectivity index (χ3v) is 7.73. The lowest BCUT2D eigenvalue weighted by molar-refractivity contribution is 0.154. The van der Waals surface area contributed by atoms with Crippen LogP contribution >= 0.6 is 0 Å². The van der Waals surface area contributed by atoms with Crippen LogP contribution in [-0.4, -0.2) is 45.0 Å². The minimum atomic E-state index is 0.534. The topological polar surface area (TPSA) is 66.0 Å². The highest BCUT2D eigenvalue weighted by Gasteiger charge is 2.29. The van der Waals surface area contributed by atoms with Gasteiger partial charge < -0.3 is 15.5 Å². The molecule has 5 rings (SSSR count). The summed E-state index contributed by atoms with van der Waals surface area (Å²) in [5.74, 6) is 2.27. The maximum atomic E-state index is 5.00. The molecule has 2 aromatic rings. The first kappa shape index (κ1) is 21.6. The number of nitrogens with zero attached hydrogens (tertiary/aromatic N) is 4. The van der Waals surface area contributed by atoms with Crippen LogP contribution in [0.3, 0.4) is 0 Å². The van der Waals surface area contributed by atoms with Gasteiger partial charge in [0.05, 0.1) is 0 Å². The number of aromatic nitrogens is 3. The molecule has 32 heavy (non-hydrogen) atoms. The fourth-order valence-corrected chi connectivity index (χ4v) is 5.90. The molecule has 0 bridgehead atoms. The fraction of sp³-hybridized carbons (Fsp3) is 0.654. The van der Waals surface area contributed by atoms with E-state index in [9.17, 15) is 0 Å². The zero-order valence-electron chi connectivity index (χ0n) is 19.5. The van der Waals surface area contributed by atoms with Crippen molar-refractivity contribution in [1.29, 1.82) is 0 Å². The first-order valence-electron chi connectivity index (χ1n) is 12.8. The van der Waals surface area contributed by atoms with Gasteiger partial charge in [0.1, 0.15) is 5.82 Å². The fourth-order valence-electron chi connectivity index (χ4n) is 5.90. The molecule has 1 saturated heterocycles. The third-order valence-electron chi connectivity index (χ3n) is 7.73. The Labute approximate surface area is 192 Å².